The van der Waals surface area contributed by atoms with Crippen LogP contribution in [0.3, 0.4) is 0 Å². The van der Waals surface area contributed by atoms with Gasteiger partial charge in [0, 0.05) is 68.2 Å². The number of carbonyl (C=O) groups is 2. The number of benzene rings is 5. The highest BCUT2D eigenvalue weighted by atomic mass is 32.2. The molecule has 1 unspecified atom stereocenters. The quantitative estimate of drug-likeness (QED) is 0.0329. The Kier molecular flexibility index (Phi) is 63.3. The Balaban J connectivity index is -0.000000640. The van der Waals surface area contributed by atoms with E-state index in [9.17, 15) is 30.6 Å². The first-order valence-corrected chi connectivity index (χ1v) is 48.6. The largest absolute Gasteiger partial charge is 0.444 e. The van der Waals surface area contributed by atoms with Crippen LogP contribution in [0.1, 0.15) is 272 Å². The molecule has 0 radical (unpaired) electrons. The lowest BCUT2D eigenvalue weighted by molar-refractivity contribution is 0.0635. The monoisotopic (exact) mass is 1830 g/mol. The van der Waals surface area contributed by atoms with E-state index < -0.39 is 66.6 Å². The van der Waals surface area contributed by atoms with Gasteiger partial charge in [0.2, 0.25) is 0 Å². The molecule has 0 fully saturated rings. The molecule has 22 nitrogen and oxygen atoms in total. The number of nitrogens with two attached hydrogens (primary N) is 4. The van der Waals surface area contributed by atoms with Crippen molar-refractivity contribution >= 4 is 151 Å². The van der Waals surface area contributed by atoms with E-state index in [-0.39, 0.29) is 49.3 Å². The Hall–Kier alpha value is -7.15. The summed E-state index contributed by atoms with van der Waals surface area (Å²) >= 11 is 7.26. The fourth-order valence-electron chi connectivity index (χ4n) is 7.29. The van der Waals surface area contributed by atoms with Gasteiger partial charge in [-0.3, -0.25) is 15.3 Å². The molecule has 0 bridgehead atoms. The van der Waals surface area contributed by atoms with Crippen molar-refractivity contribution in [1.82, 2.24) is 39.1 Å². The summed E-state index contributed by atoms with van der Waals surface area (Å²) in [5, 5.41) is 14.4. The number of nitrogens with one attached hydrogen (secondary N) is 4. The highest BCUT2D eigenvalue weighted by Crippen LogP contribution is 2.32. The molecule has 666 valence electrons. The van der Waals surface area contributed by atoms with Gasteiger partial charge in [0.05, 0.1) is 90.8 Å². The number of thiazole rings is 5. The smallest absolute Gasteiger partial charge is 0.413 e. The fourth-order valence-corrected chi connectivity index (χ4v) is 13.8. The number of hydrogen-bond acceptors (Lipinski definition) is 21. The number of aromatic nitrogens is 5. The highest BCUT2D eigenvalue weighted by molar-refractivity contribution is 7.85. The molecule has 5 aromatic carbocycles. The van der Waals surface area contributed by atoms with E-state index in [4.69, 9.17) is 27.1 Å². The number of carbonyl (C=O) groups excluding carboxylic acids is 2. The van der Waals surface area contributed by atoms with Crippen LogP contribution in [0, 0.1) is 6.92 Å². The standard InChI is InChI=1S/C15H20N2OS2.2C14H19N3OS2.C11H15NOS.C8H12N2O2S.C7H6O.C4H11NOS.C3H4N2S.5C2H6.CH4/c1-11-16-10-13(19-11)14(12-8-6-5-7-9-12)17-20(18)15(2,3)4;2*1-14(2,3)20(18)17-12(10-7-5-4-6-8-10)11-9-16-13(15)19-11;1-11(2,3)14(13)12-9-10-7-5-4-6-8-10;1-8(2,3)12-7(11)10-6-9-4-5-13-6;8-6-7-4-2-1-3-5-7;1-4(2,3)7(5)6;4-3-5-1-2-6-3;5*1-2;/h5-10,14,17H,1-4H3;2*4-9,12,17H,1-3H3,(H2,15,16);4-9H,1-3H3;4-5H,1-3H3,(H,9,10,11);1-6H;5H2,1-3H3;1-2H,(H2,4,5);5*1-2H3;1H4/t14?,20-;12-,20+;12-,20-;14-;;;7-;;;;;;;/m1011..1......./s1. The first-order chi connectivity index (χ1) is 55.4. The molecule has 0 aliphatic heterocycles. The molecular weight excluding hydrogens is 1690 g/mol. The molecule has 8 atom stereocenters. The summed E-state index contributed by atoms with van der Waals surface area (Å²) in [6, 6.07) is 48.3. The second-order valence-corrected chi connectivity index (χ2v) is 43.8. The number of aryl methyl sites for hydroxylation is 1. The number of anilines is 4. The number of nitrogen functional groups attached to an aromatic ring is 3. The van der Waals surface area contributed by atoms with Gasteiger partial charge in [-0.05, 0) is 154 Å². The van der Waals surface area contributed by atoms with Crippen molar-refractivity contribution < 1.29 is 35.4 Å². The summed E-state index contributed by atoms with van der Waals surface area (Å²) in [6.07, 6.45) is 10.7. The van der Waals surface area contributed by atoms with Crippen molar-refractivity contribution in [3.63, 3.8) is 0 Å². The molecule has 5 heterocycles. The summed E-state index contributed by atoms with van der Waals surface area (Å²) in [7, 11) is -5.82. The third-order valence-corrected chi connectivity index (χ3v) is 24.3. The SMILES string of the molecule is C.CC.CC.CC.CC.CC.CC(C)(C)OC(=O)Nc1nccs1.CC(C)(C)[S@@](=O)N=Cc1ccccc1.CC(C)(C)[S@@](=O)N[C@@H](c1ccccc1)c1cnc(N)s1.CC(C)(C)[S@@](=O)N[C@H](c1ccccc1)c1cnc(N)s1.CC(C)(C)[S@](N)=O.Cc1ncc(C(N[S@](=O)C(C)(C)C)c2ccccc2)s1.Nc1nccs1.O=Cc1ccccc1. The number of aldehydes is 1. The van der Waals surface area contributed by atoms with Crippen LogP contribution in [0.4, 0.5) is 25.3 Å². The van der Waals surface area contributed by atoms with Crippen molar-refractivity contribution in [2.45, 2.75) is 256 Å². The molecule has 5 aromatic heterocycles. The number of amides is 1. The molecule has 32 heteroatoms. The van der Waals surface area contributed by atoms with Crippen LogP contribution in [0.15, 0.2) is 198 Å². The van der Waals surface area contributed by atoms with Crippen LogP contribution in [0.2, 0.25) is 0 Å². The Morgan fingerprint density at radius 3 is 0.966 bits per heavy atom. The molecule has 119 heavy (non-hydrogen) atoms. The first-order valence-electron chi connectivity index (χ1n) is 38.6. The number of rotatable bonds is 16. The topological polar surface area (TPSA) is 358 Å². The highest BCUT2D eigenvalue weighted by Gasteiger charge is 2.29. The van der Waals surface area contributed by atoms with Crippen LogP contribution in [0.25, 0.3) is 0 Å². The average Bonchev–Trinajstić information content (AvgIpc) is 1.79. The summed E-state index contributed by atoms with van der Waals surface area (Å²) < 4.78 is 76.3. The van der Waals surface area contributed by atoms with Gasteiger partial charge in [-0.15, -0.1) is 56.7 Å². The average molecular weight is 1830 g/mol. The van der Waals surface area contributed by atoms with Crippen LogP contribution in [-0.4, -0.2) is 93.9 Å². The number of hydrogen-bond donors (Lipinski definition) is 8. The van der Waals surface area contributed by atoms with Crippen LogP contribution < -0.4 is 41.8 Å². The molecule has 0 saturated heterocycles. The zero-order chi connectivity index (χ0) is 91.1. The van der Waals surface area contributed by atoms with Crippen LogP contribution in [-0.2, 0) is 59.7 Å². The van der Waals surface area contributed by atoms with Crippen LogP contribution >= 0.6 is 56.7 Å². The maximum absolute atomic E-state index is 12.4. The minimum absolute atomic E-state index is 0. The molecule has 10 aromatic rings. The van der Waals surface area contributed by atoms with Gasteiger partial charge in [0.25, 0.3) is 0 Å². The van der Waals surface area contributed by atoms with E-state index in [1.165, 1.54) is 45.3 Å². The molecule has 1 amide bonds. The zero-order valence-corrected chi connectivity index (χ0v) is 82.9. The van der Waals surface area contributed by atoms with E-state index >= 15 is 0 Å². The van der Waals surface area contributed by atoms with Crippen LogP contribution in [0.5, 0.6) is 0 Å². The number of ether oxygens (including phenoxy) is 1. The third kappa shape index (κ3) is 54.1. The second kappa shape index (κ2) is 63.8. The van der Waals surface area contributed by atoms with Crippen molar-refractivity contribution in [2.24, 2.45) is 9.54 Å². The van der Waals surface area contributed by atoms with E-state index in [1.807, 2.05) is 352 Å². The van der Waals surface area contributed by atoms with Gasteiger partial charge in [0.15, 0.2) is 20.5 Å². The maximum Gasteiger partial charge on any atom is 0.413 e. The lowest BCUT2D eigenvalue weighted by atomic mass is 10.1. The molecule has 0 saturated carbocycles. The molecular formula is C87H140N14O8S10. The Morgan fingerprint density at radius 1 is 0.429 bits per heavy atom. The Labute approximate surface area is 747 Å². The summed E-state index contributed by atoms with van der Waals surface area (Å²) in [5.41, 5.74) is 21.1. The van der Waals surface area contributed by atoms with E-state index in [2.05, 4.69) is 48.8 Å². The van der Waals surface area contributed by atoms with Gasteiger partial charge >= 0.3 is 6.09 Å². The van der Waals surface area contributed by atoms with E-state index in [1.54, 1.807) is 59.9 Å². The Morgan fingerprint density at radius 2 is 0.739 bits per heavy atom. The van der Waals surface area contributed by atoms with Crippen molar-refractivity contribution in [3.8, 4) is 0 Å². The van der Waals surface area contributed by atoms with E-state index in [0.29, 0.717) is 20.5 Å². The predicted molar refractivity (Wildman–Crippen MR) is 526 cm³/mol. The molecule has 0 aliphatic rings. The Bertz CT molecular complexity index is 4070. The van der Waals surface area contributed by atoms with Crippen molar-refractivity contribution in [3.05, 3.63) is 241 Å². The van der Waals surface area contributed by atoms with Crippen molar-refractivity contribution in [1.29, 1.82) is 0 Å². The molecule has 0 aliphatic carbocycles. The molecule has 0 spiro atoms. The summed E-state index contributed by atoms with van der Waals surface area (Å²) in [4.78, 5) is 44.3. The normalized spacial score (nSPS) is 12.7. The van der Waals surface area contributed by atoms with Gasteiger partial charge in [-0.1, -0.05) is 228 Å². The zero-order valence-electron chi connectivity index (χ0n) is 74.7. The lowest BCUT2D eigenvalue weighted by Crippen LogP contribution is -2.35. The van der Waals surface area contributed by atoms with Gasteiger partial charge in [-0.25, -0.2) is 64.9 Å². The third-order valence-electron chi connectivity index (χ3n) is 13.0. The fraction of sp³-hybridized carbons (Fsp3) is 0.448. The minimum atomic E-state index is -1.18. The maximum atomic E-state index is 12.4. The van der Waals surface area contributed by atoms with E-state index in [0.717, 1.165) is 53.7 Å². The second-order valence-electron chi connectivity index (χ2n) is 28.8. The number of nitrogens with zero attached hydrogens (tertiary/aromatic N) is 6. The predicted octanol–water partition coefficient (Wildman–Crippen LogP) is 22.8. The van der Waals surface area contributed by atoms with Gasteiger partial charge in [0.1, 0.15) is 22.9 Å². The lowest BCUT2D eigenvalue weighted by Gasteiger charge is -2.23. The van der Waals surface area contributed by atoms with Crippen molar-refractivity contribution in [2.75, 3.05) is 22.5 Å². The molecule has 12 N–H and O–H groups in total. The summed E-state index contributed by atoms with van der Waals surface area (Å²) in [6.45, 7) is 56.2. The summed E-state index contributed by atoms with van der Waals surface area (Å²) in [5.74, 6) is 0. The van der Waals surface area contributed by atoms with Gasteiger partial charge in [-0.2, -0.15) is 4.40 Å². The van der Waals surface area contributed by atoms with Gasteiger partial charge < -0.3 is 21.9 Å². The first kappa shape index (κ1) is 118. The molecule has 10 rings (SSSR count). The minimum Gasteiger partial charge on any atom is -0.444 e.